The summed E-state index contributed by atoms with van der Waals surface area (Å²) < 4.78 is 5.62. The van der Waals surface area contributed by atoms with Gasteiger partial charge in [0.1, 0.15) is 5.75 Å². The summed E-state index contributed by atoms with van der Waals surface area (Å²) in [6, 6.07) is 7.12. The molecule has 1 aromatic carbocycles. The molecule has 5 nitrogen and oxygen atoms in total. The predicted octanol–water partition coefficient (Wildman–Crippen LogP) is 3.19. The number of rotatable bonds is 6. The van der Waals surface area contributed by atoms with Crippen molar-refractivity contribution in [2.75, 3.05) is 39.3 Å². The van der Waals surface area contributed by atoms with Crippen LogP contribution in [-0.2, 0) is 17.8 Å². The van der Waals surface area contributed by atoms with Crippen molar-refractivity contribution < 1.29 is 9.53 Å². The van der Waals surface area contributed by atoms with Crippen LogP contribution in [0.4, 0.5) is 0 Å². The Hall–Kier alpha value is -1.85. The van der Waals surface area contributed by atoms with Gasteiger partial charge in [-0.25, -0.2) is 0 Å². The van der Waals surface area contributed by atoms with E-state index in [1.807, 2.05) is 0 Å². The first-order valence-electron chi connectivity index (χ1n) is 11.5. The number of hydrogen-bond donors (Lipinski definition) is 0. The number of benzene rings is 1. The Balaban J connectivity index is 1.13. The summed E-state index contributed by atoms with van der Waals surface area (Å²) in [6.07, 6.45) is 10.4. The summed E-state index contributed by atoms with van der Waals surface area (Å²) in [6.45, 7) is 6.43. The van der Waals surface area contributed by atoms with E-state index in [-0.39, 0.29) is 0 Å². The van der Waals surface area contributed by atoms with Crippen molar-refractivity contribution in [3.63, 3.8) is 0 Å². The van der Waals surface area contributed by atoms with Crippen LogP contribution in [0.15, 0.2) is 30.0 Å². The maximum absolute atomic E-state index is 13.1. The van der Waals surface area contributed by atoms with Crippen molar-refractivity contribution in [3.05, 3.63) is 41.1 Å². The van der Waals surface area contributed by atoms with Crippen molar-refractivity contribution >= 4 is 5.91 Å². The van der Waals surface area contributed by atoms with Gasteiger partial charge < -0.3 is 9.64 Å². The van der Waals surface area contributed by atoms with Crippen LogP contribution in [0.25, 0.3) is 0 Å². The van der Waals surface area contributed by atoms with E-state index in [2.05, 4.69) is 39.0 Å². The molecular weight excluding hydrogens is 362 g/mol. The van der Waals surface area contributed by atoms with E-state index in [0.29, 0.717) is 18.5 Å². The molecular formula is C24H33N3O2. The van der Waals surface area contributed by atoms with Crippen LogP contribution >= 0.6 is 0 Å². The lowest BCUT2D eigenvalue weighted by Gasteiger charge is -2.36. The first-order valence-corrected chi connectivity index (χ1v) is 11.5. The van der Waals surface area contributed by atoms with Crippen LogP contribution in [0.5, 0.6) is 5.75 Å². The van der Waals surface area contributed by atoms with E-state index >= 15 is 0 Å². The van der Waals surface area contributed by atoms with Crippen LogP contribution in [0.1, 0.15) is 49.7 Å². The molecule has 0 N–H and O–H groups in total. The fourth-order valence-corrected chi connectivity index (χ4v) is 4.94. The van der Waals surface area contributed by atoms with Crippen molar-refractivity contribution in [2.45, 2.75) is 57.5 Å². The highest BCUT2D eigenvalue weighted by atomic mass is 16.5. The molecule has 2 aliphatic heterocycles. The third kappa shape index (κ3) is 4.51. The highest BCUT2D eigenvalue weighted by molar-refractivity contribution is 5.80. The van der Waals surface area contributed by atoms with Gasteiger partial charge in [0, 0.05) is 50.9 Å². The summed E-state index contributed by atoms with van der Waals surface area (Å²) in [5.74, 6) is 1.39. The van der Waals surface area contributed by atoms with Gasteiger partial charge in [0.2, 0.25) is 5.91 Å². The fraction of sp³-hybridized carbons (Fsp3) is 0.625. The molecule has 0 aromatic heterocycles. The van der Waals surface area contributed by atoms with E-state index in [9.17, 15) is 4.79 Å². The minimum atomic E-state index is 0.327. The molecule has 0 radical (unpaired) electrons. The van der Waals surface area contributed by atoms with Crippen LogP contribution in [0.2, 0.25) is 0 Å². The molecule has 4 aliphatic rings. The van der Waals surface area contributed by atoms with Gasteiger partial charge in [-0.15, -0.1) is 0 Å². The van der Waals surface area contributed by atoms with Crippen LogP contribution in [0.3, 0.4) is 0 Å². The Labute approximate surface area is 174 Å². The number of carbonyl (C=O) groups is 1. The molecule has 0 atom stereocenters. The highest BCUT2D eigenvalue weighted by Crippen LogP contribution is 2.34. The molecule has 1 saturated heterocycles. The van der Waals surface area contributed by atoms with E-state index < -0.39 is 0 Å². The van der Waals surface area contributed by atoms with Gasteiger partial charge in [-0.1, -0.05) is 18.2 Å². The first-order chi connectivity index (χ1) is 14.3. The minimum absolute atomic E-state index is 0.327. The van der Waals surface area contributed by atoms with Crippen molar-refractivity contribution in [1.82, 2.24) is 14.7 Å². The second-order valence-corrected chi connectivity index (χ2v) is 9.03. The van der Waals surface area contributed by atoms with Crippen LogP contribution in [-0.4, -0.2) is 66.0 Å². The molecule has 0 unspecified atom stereocenters. The molecule has 5 heteroatoms. The summed E-state index contributed by atoms with van der Waals surface area (Å²) in [5, 5.41) is 0. The molecule has 1 aromatic rings. The molecule has 1 amide bonds. The number of fused-ring (bicyclic) bond motifs is 1. The summed E-state index contributed by atoms with van der Waals surface area (Å²) >= 11 is 0. The zero-order valence-electron chi connectivity index (χ0n) is 17.4. The maximum Gasteiger partial charge on any atom is 0.241 e. The van der Waals surface area contributed by atoms with Gasteiger partial charge in [0.05, 0.1) is 13.2 Å². The van der Waals surface area contributed by atoms with E-state index in [4.69, 9.17) is 4.74 Å². The average molecular weight is 396 g/mol. The minimum Gasteiger partial charge on any atom is -0.493 e. The van der Waals surface area contributed by atoms with Crippen molar-refractivity contribution in [3.8, 4) is 5.75 Å². The average Bonchev–Trinajstić information content (AvgIpc) is 3.46. The quantitative estimate of drug-likeness (QED) is 0.741. The molecule has 0 spiro atoms. The predicted molar refractivity (Wildman–Crippen MR) is 114 cm³/mol. The Kier molecular flexibility index (Phi) is 5.60. The van der Waals surface area contributed by atoms with Gasteiger partial charge in [0.15, 0.2) is 0 Å². The van der Waals surface area contributed by atoms with Crippen LogP contribution < -0.4 is 4.74 Å². The normalized spacial score (nSPS) is 22.7. The summed E-state index contributed by atoms with van der Waals surface area (Å²) in [4.78, 5) is 20.1. The van der Waals surface area contributed by atoms with E-state index in [1.54, 1.807) is 0 Å². The van der Waals surface area contributed by atoms with Crippen molar-refractivity contribution in [2.24, 2.45) is 0 Å². The van der Waals surface area contributed by atoms with Crippen molar-refractivity contribution in [1.29, 1.82) is 0 Å². The second kappa shape index (κ2) is 8.49. The number of carbonyl (C=O) groups excluding carboxylic acids is 1. The zero-order valence-corrected chi connectivity index (χ0v) is 17.4. The SMILES string of the molecule is O=C(CN1CCN(Cc2ccc3c(c2)CCO3)CC1)N(C1=CCCCC1)C1CC1. The zero-order chi connectivity index (χ0) is 19.6. The molecule has 2 fully saturated rings. The Morgan fingerprint density at radius 3 is 2.66 bits per heavy atom. The van der Waals surface area contributed by atoms with E-state index in [1.165, 1.54) is 42.5 Å². The number of hydrogen-bond acceptors (Lipinski definition) is 4. The number of nitrogens with zero attached hydrogens (tertiary/aromatic N) is 3. The molecule has 156 valence electrons. The first kappa shape index (κ1) is 19.1. The highest BCUT2D eigenvalue weighted by Gasteiger charge is 2.35. The molecule has 2 heterocycles. The maximum atomic E-state index is 13.1. The monoisotopic (exact) mass is 395 g/mol. The Bertz CT molecular complexity index is 778. The third-order valence-corrected chi connectivity index (χ3v) is 6.74. The molecule has 2 aliphatic carbocycles. The smallest absolute Gasteiger partial charge is 0.241 e. The largest absolute Gasteiger partial charge is 0.493 e. The topological polar surface area (TPSA) is 36.0 Å². The van der Waals surface area contributed by atoms with Gasteiger partial charge in [0.25, 0.3) is 0 Å². The van der Waals surface area contributed by atoms with Gasteiger partial charge >= 0.3 is 0 Å². The van der Waals surface area contributed by atoms with Crippen LogP contribution in [0, 0.1) is 0 Å². The second-order valence-electron chi connectivity index (χ2n) is 9.03. The van der Waals surface area contributed by atoms with E-state index in [0.717, 1.165) is 64.3 Å². The van der Waals surface area contributed by atoms with Gasteiger partial charge in [-0.05, 0) is 55.7 Å². The Morgan fingerprint density at radius 2 is 1.90 bits per heavy atom. The lowest BCUT2D eigenvalue weighted by Crippen LogP contribution is -2.50. The molecule has 0 bridgehead atoms. The standard InChI is InChI=1S/C24H33N3O2/c28-24(27(22-7-8-22)21-4-2-1-3-5-21)18-26-13-11-25(12-14-26)17-19-6-9-23-20(16-19)10-15-29-23/h4,6,9,16,22H,1-3,5,7-8,10-15,17-18H2. The third-order valence-electron chi connectivity index (χ3n) is 6.74. The van der Waals surface area contributed by atoms with Gasteiger partial charge in [-0.3, -0.25) is 14.6 Å². The molecule has 29 heavy (non-hydrogen) atoms. The van der Waals surface area contributed by atoms with Gasteiger partial charge in [-0.2, -0.15) is 0 Å². The summed E-state index contributed by atoms with van der Waals surface area (Å²) in [7, 11) is 0. The fourth-order valence-electron chi connectivity index (χ4n) is 4.94. The lowest BCUT2D eigenvalue weighted by atomic mass is 10.0. The summed E-state index contributed by atoms with van der Waals surface area (Å²) in [5.41, 5.74) is 4.04. The molecule has 1 saturated carbocycles. The lowest BCUT2D eigenvalue weighted by molar-refractivity contribution is -0.131. The number of allylic oxidation sites excluding steroid dienone is 2. The molecule has 5 rings (SSSR count). The number of amides is 1. The number of piperazine rings is 1. The number of ether oxygens (including phenoxy) is 1. The Morgan fingerprint density at radius 1 is 1.07 bits per heavy atom.